The van der Waals surface area contributed by atoms with Gasteiger partial charge in [0.25, 0.3) is 0 Å². The lowest BCUT2D eigenvalue weighted by atomic mass is 10.1. The third kappa shape index (κ3) is 1.32. The maximum Gasteiger partial charge on any atom is 0.149 e. The zero-order valence-corrected chi connectivity index (χ0v) is 7.28. The van der Waals surface area contributed by atoms with Gasteiger partial charge in [-0.05, 0) is 0 Å². The maximum atomic E-state index is 8.49. The van der Waals surface area contributed by atoms with E-state index in [9.17, 15) is 0 Å². The first kappa shape index (κ1) is 8.28. The zero-order valence-electron chi connectivity index (χ0n) is 6.53. The standard InChI is InChI=1S/C7H7ClN4O/c8-6-5-4(2-12-13)1-9-7(5)11-3-10-6/h1-3,7,12-13H,(H,10,11). The molecular formula is C7H7ClN4O. The SMILES string of the molecule is ONC=C1C=NC2NC=NC(Cl)=C12. The highest BCUT2D eigenvalue weighted by atomic mass is 35.5. The molecule has 0 spiro atoms. The molecule has 2 aliphatic heterocycles. The van der Waals surface area contributed by atoms with Crippen LogP contribution >= 0.6 is 11.6 Å². The molecule has 13 heavy (non-hydrogen) atoms. The Hall–Kier alpha value is -1.33. The van der Waals surface area contributed by atoms with Crippen LogP contribution in [-0.2, 0) is 0 Å². The van der Waals surface area contributed by atoms with E-state index in [4.69, 9.17) is 16.8 Å². The lowest BCUT2D eigenvalue weighted by Crippen LogP contribution is -2.29. The molecule has 0 aromatic heterocycles. The lowest BCUT2D eigenvalue weighted by Gasteiger charge is -2.15. The molecule has 0 bridgehead atoms. The molecule has 0 saturated heterocycles. The zero-order chi connectivity index (χ0) is 9.26. The molecule has 1 unspecified atom stereocenters. The van der Waals surface area contributed by atoms with Crippen LogP contribution in [0.3, 0.4) is 0 Å². The minimum Gasteiger partial charge on any atom is -0.351 e. The molecule has 2 rings (SSSR count). The summed E-state index contributed by atoms with van der Waals surface area (Å²) in [6, 6.07) is 0. The van der Waals surface area contributed by atoms with Crippen molar-refractivity contribution >= 4 is 24.2 Å². The summed E-state index contributed by atoms with van der Waals surface area (Å²) in [4.78, 5) is 8.00. The molecule has 2 aliphatic rings. The normalized spacial score (nSPS) is 27.8. The van der Waals surface area contributed by atoms with Gasteiger partial charge in [-0.15, -0.1) is 0 Å². The predicted octanol–water partition coefficient (Wildman–Crippen LogP) is 0.342. The van der Waals surface area contributed by atoms with E-state index in [0.717, 1.165) is 11.1 Å². The van der Waals surface area contributed by atoms with Gasteiger partial charge in [0, 0.05) is 23.6 Å². The minimum atomic E-state index is -0.176. The van der Waals surface area contributed by atoms with Crippen LogP contribution in [-0.4, -0.2) is 23.9 Å². The molecule has 0 aromatic carbocycles. The van der Waals surface area contributed by atoms with E-state index in [1.807, 2.05) is 5.48 Å². The van der Waals surface area contributed by atoms with E-state index in [1.165, 1.54) is 12.5 Å². The molecule has 0 aromatic rings. The van der Waals surface area contributed by atoms with E-state index in [0.29, 0.717) is 5.16 Å². The highest BCUT2D eigenvalue weighted by Crippen LogP contribution is 2.27. The molecule has 5 nitrogen and oxygen atoms in total. The number of nitrogens with one attached hydrogen (secondary N) is 2. The average molecular weight is 199 g/mol. The Labute approximate surface area is 79.5 Å². The molecule has 68 valence electrons. The Bertz CT molecular complexity index is 344. The summed E-state index contributed by atoms with van der Waals surface area (Å²) in [7, 11) is 0. The molecule has 0 radical (unpaired) electrons. The molecule has 3 N–H and O–H groups in total. The molecule has 2 heterocycles. The van der Waals surface area contributed by atoms with Crippen LogP contribution in [0.5, 0.6) is 0 Å². The first-order valence-electron chi connectivity index (χ1n) is 3.64. The van der Waals surface area contributed by atoms with Gasteiger partial charge in [-0.2, -0.15) is 0 Å². The summed E-state index contributed by atoms with van der Waals surface area (Å²) in [6.45, 7) is 0. The summed E-state index contributed by atoms with van der Waals surface area (Å²) in [6.07, 6.45) is 4.35. The first-order chi connectivity index (χ1) is 6.33. The number of hydrogen-bond donors (Lipinski definition) is 3. The van der Waals surface area contributed by atoms with Gasteiger partial charge in [0.1, 0.15) is 11.3 Å². The van der Waals surface area contributed by atoms with Crippen LogP contribution in [0.4, 0.5) is 0 Å². The molecule has 0 aliphatic carbocycles. The van der Waals surface area contributed by atoms with Gasteiger partial charge in [-0.1, -0.05) is 11.6 Å². The summed E-state index contributed by atoms with van der Waals surface area (Å²) in [5.41, 5.74) is 3.43. The number of rotatable bonds is 1. The van der Waals surface area contributed by atoms with Crippen LogP contribution in [0.25, 0.3) is 0 Å². The Kier molecular flexibility index (Phi) is 2.03. The van der Waals surface area contributed by atoms with Crippen molar-refractivity contribution in [3.63, 3.8) is 0 Å². The first-order valence-corrected chi connectivity index (χ1v) is 4.02. The largest absolute Gasteiger partial charge is 0.351 e. The van der Waals surface area contributed by atoms with E-state index in [-0.39, 0.29) is 6.17 Å². The number of hydroxylamine groups is 1. The second-order valence-corrected chi connectivity index (χ2v) is 2.90. The number of fused-ring (bicyclic) bond motifs is 1. The van der Waals surface area contributed by atoms with Crippen LogP contribution in [0.15, 0.2) is 32.5 Å². The van der Waals surface area contributed by atoms with Crippen molar-refractivity contribution in [3.05, 3.63) is 22.5 Å². The Morgan fingerprint density at radius 3 is 3.31 bits per heavy atom. The molecule has 0 saturated carbocycles. The van der Waals surface area contributed by atoms with Gasteiger partial charge in [0.15, 0.2) is 0 Å². The summed E-state index contributed by atoms with van der Waals surface area (Å²) < 4.78 is 0. The summed E-state index contributed by atoms with van der Waals surface area (Å²) >= 11 is 5.86. The number of nitrogens with zero attached hydrogens (tertiary/aromatic N) is 2. The second kappa shape index (κ2) is 3.20. The molecular weight excluding hydrogens is 192 g/mol. The molecule has 0 fully saturated rings. The van der Waals surface area contributed by atoms with Gasteiger partial charge in [-0.3, -0.25) is 15.7 Å². The summed E-state index contributed by atoms with van der Waals surface area (Å²) in [5.74, 6) is 0. The highest BCUT2D eigenvalue weighted by molar-refractivity contribution is 6.31. The van der Waals surface area contributed by atoms with Gasteiger partial charge >= 0.3 is 0 Å². The Morgan fingerprint density at radius 1 is 1.69 bits per heavy atom. The van der Waals surface area contributed by atoms with Gasteiger partial charge in [0.05, 0.1) is 6.34 Å². The van der Waals surface area contributed by atoms with Crippen molar-refractivity contribution in [2.75, 3.05) is 0 Å². The topological polar surface area (TPSA) is 69.0 Å². The predicted molar refractivity (Wildman–Crippen MR) is 49.8 cm³/mol. The van der Waals surface area contributed by atoms with Crippen LogP contribution in [0, 0.1) is 0 Å². The van der Waals surface area contributed by atoms with E-state index in [1.54, 1.807) is 6.21 Å². The van der Waals surface area contributed by atoms with Crippen molar-refractivity contribution in [1.82, 2.24) is 10.8 Å². The fourth-order valence-corrected chi connectivity index (χ4v) is 1.49. The van der Waals surface area contributed by atoms with E-state index >= 15 is 0 Å². The fourth-order valence-electron chi connectivity index (χ4n) is 1.23. The van der Waals surface area contributed by atoms with Crippen molar-refractivity contribution in [2.45, 2.75) is 6.17 Å². The van der Waals surface area contributed by atoms with Crippen LogP contribution in [0.2, 0.25) is 0 Å². The van der Waals surface area contributed by atoms with Crippen LogP contribution in [0.1, 0.15) is 0 Å². The smallest absolute Gasteiger partial charge is 0.149 e. The monoisotopic (exact) mass is 198 g/mol. The van der Waals surface area contributed by atoms with Gasteiger partial charge in [0.2, 0.25) is 0 Å². The van der Waals surface area contributed by atoms with Crippen molar-refractivity contribution in [3.8, 4) is 0 Å². The second-order valence-electron chi connectivity index (χ2n) is 2.54. The van der Waals surface area contributed by atoms with Crippen molar-refractivity contribution in [2.24, 2.45) is 9.98 Å². The van der Waals surface area contributed by atoms with Crippen molar-refractivity contribution < 1.29 is 5.21 Å². The third-order valence-electron chi connectivity index (χ3n) is 1.80. The number of hydrogen-bond acceptors (Lipinski definition) is 5. The number of halogens is 1. The molecule has 6 heteroatoms. The summed E-state index contributed by atoms with van der Waals surface area (Å²) in [5, 5.41) is 11.8. The minimum absolute atomic E-state index is 0.176. The van der Waals surface area contributed by atoms with Gasteiger partial charge in [-0.25, -0.2) is 4.99 Å². The van der Waals surface area contributed by atoms with Crippen molar-refractivity contribution in [1.29, 1.82) is 0 Å². The molecule has 1 atom stereocenters. The highest BCUT2D eigenvalue weighted by Gasteiger charge is 2.26. The fraction of sp³-hybridized carbons (Fsp3) is 0.143. The number of aliphatic imine (C=N–C) groups is 2. The van der Waals surface area contributed by atoms with Gasteiger partial charge < -0.3 is 5.32 Å². The van der Waals surface area contributed by atoms with E-state index in [2.05, 4.69) is 15.3 Å². The van der Waals surface area contributed by atoms with E-state index < -0.39 is 0 Å². The Balaban J connectivity index is 2.41. The average Bonchev–Trinajstić information content (AvgIpc) is 2.51. The molecule has 0 amide bonds. The maximum absolute atomic E-state index is 8.49. The Morgan fingerprint density at radius 2 is 2.54 bits per heavy atom. The lowest BCUT2D eigenvalue weighted by molar-refractivity contribution is 0.214. The van der Waals surface area contributed by atoms with Crippen LogP contribution < -0.4 is 10.8 Å². The third-order valence-corrected chi connectivity index (χ3v) is 2.10. The quantitative estimate of drug-likeness (QED) is 0.421.